The lowest BCUT2D eigenvalue weighted by atomic mass is 10.1. The van der Waals surface area contributed by atoms with Gasteiger partial charge in [-0.2, -0.15) is 0 Å². The molecule has 0 amide bonds. The number of benzene rings is 2. The van der Waals surface area contributed by atoms with Crippen molar-refractivity contribution >= 4 is 39.8 Å². The lowest BCUT2D eigenvalue weighted by molar-refractivity contribution is 0.0342. The number of halogens is 1. The van der Waals surface area contributed by atoms with Gasteiger partial charge in [-0.3, -0.25) is 9.88 Å². The van der Waals surface area contributed by atoms with Crippen LogP contribution in [0.1, 0.15) is 15.9 Å². The summed E-state index contributed by atoms with van der Waals surface area (Å²) >= 11 is 6.27. The third-order valence-electron chi connectivity index (χ3n) is 5.13. The van der Waals surface area contributed by atoms with Crippen molar-refractivity contribution in [3.63, 3.8) is 0 Å². The SMILES string of the molecule is COc1cccc(Nc2c(CN3CCOCC3)cnc3ccc(Cl)cc23)c1C(=O)O. The van der Waals surface area contributed by atoms with E-state index in [9.17, 15) is 9.90 Å². The first-order valence-corrected chi connectivity index (χ1v) is 9.99. The smallest absolute Gasteiger partial charge is 0.341 e. The van der Waals surface area contributed by atoms with Crippen LogP contribution in [0.2, 0.25) is 5.02 Å². The Hall–Kier alpha value is -2.87. The highest BCUT2D eigenvalue weighted by atomic mass is 35.5. The second kappa shape index (κ2) is 8.87. The van der Waals surface area contributed by atoms with E-state index in [4.69, 9.17) is 21.1 Å². The number of ether oxygens (including phenoxy) is 2. The maximum atomic E-state index is 11.9. The van der Waals surface area contributed by atoms with Gasteiger partial charge in [0.1, 0.15) is 11.3 Å². The zero-order valence-corrected chi connectivity index (χ0v) is 17.3. The molecule has 1 aliphatic heterocycles. The van der Waals surface area contributed by atoms with E-state index in [2.05, 4.69) is 15.2 Å². The molecule has 2 aromatic carbocycles. The van der Waals surface area contributed by atoms with E-state index in [-0.39, 0.29) is 5.56 Å². The molecule has 2 heterocycles. The summed E-state index contributed by atoms with van der Waals surface area (Å²) in [5, 5.41) is 14.5. The summed E-state index contributed by atoms with van der Waals surface area (Å²) in [7, 11) is 1.46. The molecule has 3 aromatic rings. The van der Waals surface area contributed by atoms with Crippen molar-refractivity contribution in [1.82, 2.24) is 9.88 Å². The molecule has 156 valence electrons. The molecule has 0 atom stereocenters. The third-order valence-corrected chi connectivity index (χ3v) is 5.36. The van der Waals surface area contributed by atoms with Gasteiger partial charge in [0, 0.05) is 41.8 Å². The van der Waals surface area contributed by atoms with Gasteiger partial charge in [-0.1, -0.05) is 17.7 Å². The number of rotatable bonds is 6. The van der Waals surface area contributed by atoms with Gasteiger partial charge in [0.15, 0.2) is 0 Å². The highest BCUT2D eigenvalue weighted by Gasteiger charge is 2.20. The maximum Gasteiger partial charge on any atom is 0.341 e. The van der Waals surface area contributed by atoms with Crippen molar-refractivity contribution < 1.29 is 19.4 Å². The molecular formula is C22H22ClN3O4. The summed E-state index contributed by atoms with van der Waals surface area (Å²) in [4.78, 5) is 18.8. The molecule has 0 saturated carbocycles. The Balaban J connectivity index is 1.83. The summed E-state index contributed by atoms with van der Waals surface area (Å²) in [6.45, 7) is 3.69. The molecule has 8 heteroatoms. The molecular weight excluding hydrogens is 406 g/mol. The zero-order chi connectivity index (χ0) is 21.1. The number of hydrogen-bond acceptors (Lipinski definition) is 6. The van der Waals surface area contributed by atoms with Crippen LogP contribution in [0.3, 0.4) is 0 Å². The molecule has 1 fully saturated rings. The van der Waals surface area contributed by atoms with E-state index in [1.165, 1.54) is 7.11 Å². The van der Waals surface area contributed by atoms with Crippen LogP contribution in [0.5, 0.6) is 5.75 Å². The number of nitrogens with one attached hydrogen (secondary N) is 1. The number of carboxylic acid groups (broad SMARTS) is 1. The average molecular weight is 428 g/mol. The Morgan fingerprint density at radius 3 is 2.83 bits per heavy atom. The summed E-state index contributed by atoms with van der Waals surface area (Å²) in [5.41, 5.74) is 3.02. The molecule has 1 aromatic heterocycles. The molecule has 30 heavy (non-hydrogen) atoms. The second-order valence-electron chi connectivity index (χ2n) is 7.02. The molecule has 0 radical (unpaired) electrons. The Morgan fingerprint density at radius 2 is 2.10 bits per heavy atom. The van der Waals surface area contributed by atoms with Crippen molar-refractivity contribution in [1.29, 1.82) is 0 Å². The summed E-state index contributed by atoms with van der Waals surface area (Å²) in [6.07, 6.45) is 1.83. The summed E-state index contributed by atoms with van der Waals surface area (Å²) in [5.74, 6) is -0.778. The Kier molecular flexibility index (Phi) is 6.03. The monoisotopic (exact) mass is 427 g/mol. The van der Waals surface area contributed by atoms with Crippen molar-refractivity contribution in [2.45, 2.75) is 6.54 Å². The average Bonchev–Trinajstić information content (AvgIpc) is 2.75. The predicted octanol–water partition coefficient (Wildman–Crippen LogP) is 4.17. The molecule has 2 N–H and O–H groups in total. The number of carbonyl (C=O) groups is 1. The number of anilines is 2. The largest absolute Gasteiger partial charge is 0.496 e. The third kappa shape index (κ3) is 4.18. The fraction of sp³-hybridized carbons (Fsp3) is 0.273. The standard InChI is InChI=1S/C22H22ClN3O4/c1-29-19-4-2-3-18(20(19)22(27)28)25-21-14(13-26-7-9-30-10-8-26)12-24-17-6-5-15(23)11-16(17)21/h2-6,11-12H,7-10,13H2,1H3,(H,24,25)(H,27,28). The van der Waals surface area contributed by atoms with Crippen LogP contribution < -0.4 is 10.1 Å². The number of aromatic nitrogens is 1. The first-order valence-electron chi connectivity index (χ1n) is 9.61. The number of carboxylic acids is 1. The highest BCUT2D eigenvalue weighted by Crippen LogP contribution is 2.35. The van der Waals surface area contributed by atoms with Gasteiger partial charge in [-0.25, -0.2) is 4.79 Å². The number of methoxy groups -OCH3 is 1. The first kappa shape index (κ1) is 20.4. The topological polar surface area (TPSA) is 83.9 Å². The van der Waals surface area contributed by atoms with Gasteiger partial charge in [0.25, 0.3) is 0 Å². The van der Waals surface area contributed by atoms with E-state index in [1.54, 1.807) is 24.3 Å². The van der Waals surface area contributed by atoms with Gasteiger partial charge < -0.3 is 19.9 Å². The summed E-state index contributed by atoms with van der Waals surface area (Å²) in [6, 6.07) is 10.6. The Bertz CT molecular complexity index is 1080. The number of morpholine rings is 1. The quantitative estimate of drug-likeness (QED) is 0.610. The van der Waals surface area contributed by atoms with Crippen molar-refractivity contribution in [3.05, 3.63) is 58.7 Å². The van der Waals surface area contributed by atoms with Crippen molar-refractivity contribution in [2.75, 3.05) is 38.7 Å². The van der Waals surface area contributed by atoms with Gasteiger partial charge in [-0.05, 0) is 30.3 Å². The molecule has 0 aliphatic carbocycles. The molecule has 4 rings (SSSR count). The van der Waals surface area contributed by atoms with Crippen LogP contribution in [0.25, 0.3) is 10.9 Å². The number of hydrogen-bond donors (Lipinski definition) is 2. The van der Waals surface area contributed by atoms with Crippen LogP contribution in [0, 0.1) is 0 Å². The lowest BCUT2D eigenvalue weighted by Gasteiger charge is -2.28. The normalized spacial score (nSPS) is 14.6. The number of pyridine rings is 1. The van der Waals surface area contributed by atoms with Crippen molar-refractivity contribution in [2.24, 2.45) is 0 Å². The molecule has 1 saturated heterocycles. The van der Waals surface area contributed by atoms with Gasteiger partial charge >= 0.3 is 5.97 Å². The minimum absolute atomic E-state index is 0.0734. The van der Waals surface area contributed by atoms with Gasteiger partial charge in [0.2, 0.25) is 0 Å². The van der Waals surface area contributed by atoms with E-state index in [0.29, 0.717) is 36.2 Å². The van der Waals surface area contributed by atoms with E-state index in [1.807, 2.05) is 18.3 Å². The Morgan fingerprint density at radius 1 is 1.30 bits per heavy atom. The maximum absolute atomic E-state index is 11.9. The first-order chi connectivity index (χ1) is 14.6. The van der Waals surface area contributed by atoms with E-state index in [0.717, 1.165) is 35.2 Å². The van der Waals surface area contributed by atoms with Crippen LogP contribution in [-0.4, -0.2) is 54.4 Å². The summed E-state index contributed by atoms with van der Waals surface area (Å²) < 4.78 is 10.7. The van der Waals surface area contributed by atoms with Crippen LogP contribution >= 0.6 is 11.6 Å². The molecule has 1 aliphatic rings. The zero-order valence-electron chi connectivity index (χ0n) is 16.5. The van der Waals surface area contributed by atoms with Crippen LogP contribution in [0.4, 0.5) is 11.4 Å². The second-order valence-corrected chi connectivity index (χ2v) is 7.46. The molecule has 0 unspecified atom stereocenters. The number of aromatic carboxylic acids is 1. The number of fused-ring (bicyclic) bond motifs is 1. The fourth-order valence-corrected chi connectivity index (χ4v) is 3.81. The molecule has 7 nitrogen and oxygen atoms in total. The minimum Gasteiger partial charge on any atom is -0.496 e. The fourth-order valence-electron chi connectivity index (χ4n) is 3.63. The molecule has 0 spiro atoms. The van der Waals surface area contributed by atoms with Crippen LogP contribution in [-0.2, 0) is 11.3 Å². The number of nitrogens with zero attached hydrogens (tertiary/aromatic N) is 2. The lowest BCUT2D eigenvalue weighted by Crippen LogP contribution is -2.35. The van der Waals surface area contributed by atoms with Crippen molar-refractivity contribution in [3.8, 4) is 5.75 Å². The molecule has 0 bridgehead atoms. The van der Waals surface area contributed by atoms with Gasteiger partial charge in [-0.15, -0.1) is 0 Å². The van der Waals surface area contributed by atoms with E-state index >= 15 is 0 Å². The van der Waals surface area contributed by atoms with Crippen LogP contribution in [0.15, 0.2) is 42.6 Å². The minimum atomic E-state index is -1.07. The predicted molar refractivity (Wildman–Crippen MR) is 116 cm³/mol. The highest BCUT2D eigenvalue weighted by molar-refractivity contribution is 6.31. The Labute approximate surface area is 179 Å². The van der Waals surface area contributed by atoms with Gasteiger partial charge in [0.05, 0.1) is 37.2 Å². The van der Waals surface area contributed by atoms with E-state index < -0.39 is 5.97 Å².